The van der Waals surface area contributed by atoms with Crippen LogP contribution in [0.2, 0.25) is 0 Å². The molecule has 1 heterocycles. The van der Waals surface area contributed by atoms with Crippen LogP contribution in [0, 0.1) is 19.8 Å². The minimum absolute atomic E-state index is 0.187. The molecule has 1 aromatic carbocycles. The summed E-state index contributed by atoms with van der Waals surface area (Å²) in [6.07, 6.45) is 1.87. The van der Waals surface area contributed by atoms with Crippen molar-refractivity contribution in [3.63, 3.8) is 0 Å². The normalized spacial score (nSPS) is 23.9. The van der Waals surface area contributed by atoms with Crippen molar-refractivity contribution in [3.05, 3.63) is 29.3 Å². The topological polar surface area (TPSA) is 78.5 Å². The SMILES string of the molecule is Cc1ccc(NC(=O)CN2C(=O)N[C@](C)(C3CC3)C2=O)cc1C. The maximum atomic E-state index is 12.5. The van der Waals surface area contributed by atoms with E-state index < -0.39 is 11.6 Å². The molecule has 0 unspecified atom stereocenters. The highest BCUT2D eigenvalue weighted by molar-refractivity contribution is 6.10. The van der Waals surface area contributed by atoms with Gasteiger partial charge in [-0.3, -0.25) is 14.5 Å². The highest BCUT2D eigenvalue weighted by Crippen LogP contribution is 2.42. The second kappa shape index (κ2) is 5.37. The maximum absolute atomic E-state index is 12.5. The Morgan fingerprint density at radius 2 is 2.00 bits per heavy atom. The van der Waals surface area contributed by atoms with Crippen molar-refractivity contribution in [2.45, 2.75) is 39.2 Å². The summed E-state index contributed by atoms with van der Waals surface area (Å²) in [6.45, 7) is 5.43. The first-order valence-electron chi connectivity index (χ1n) is 7.82. The van der Waals surface area contributed by atoms with Gasteiger partial charge in [-0.1, -0.05) is 6.07 Å². The smallest absolute Gasteiger partial charge is 0.325 e. The van der Waals surface area contributed by atoms with Crippen LogP contribution in [0.5, 0.6) is 0 Å². The van der Waals surface area contributed by atoms with Crippen LogP contribution in [-0.4, -0.2) is 34.8 Å². The lowest BCUT2D eigenvalue weighted by atomic mass is 9.96. The number of anilines is 1. The van der Waals surface area contributed by atoms with Crippen molar-refractivity contribution in [1.29, 1.82) is 0 Å². The number of amides is 4. The summed E-state index contributed by atoms with van der Waals surface area (Å²) >= 11 is 0. The molecular formula is C17H21N3O3. The molecule has 23 heavy (non-hydrogen) atoms. The van der Waals surface area contributed by atoms with Crippen molar-refractivity contribution < 1.29 is 14.4 Å². The Morgan fingerprint density at radius 1 is 1.30 bits per heavy atom. The molecule has 1 saturated carbocycles. The fourth-order valence-corrected chi connectivity index (χ4v) is 2.96. The maximum Gasteiger partial charge on any atom is 0.325 e. The Kier molecular flexibility index (Phi) is 3.62. The number of urea groups is 1. The Morgan fingerprint density at radius 3 is 2.61 bits per heavy atom. The highest BCUT2D eigenvalue weighted by atomic mass is 16.2. The van der Waals surface area contributed by atoms with Gasteiger partial charge in [0.15, 0.2) is 0 Å². The zero-order valence-corrected chi connectivity index (χ0v) is 13.6. The number of imide groups is 1. The third kappa shape index (κ3) is 2.81. The van der Waals surface area contributed by atoms with E-state index in [1.807, 2.05) is 26.0 Å². The number of nitrogens with one attached hydrogen (secondary N) is 2. The lowest BCUT2D eigenvalue weighted by Crippen LogP contribution is -2.46. The summed E-state index contributed by atoms with van der Waals surface area (Å²) in [5.74, 6) is -0.496. The minimum atomic E-state index is -0.849. The molecule has 1 saturated heterocycles. The molecule has 3 rings (SSSR count). The van der Waals surface area contributed by atoms with Gasteiger partial charge < -0.3 is 10.6 Å². The molecule has 1 aliphatic carbocycles. The molecular weight excluding hydrogens is 294 g/mol. The summed E-state index contributed by atoms with van der Waals surface area (Å²) in [4.78, 5) is 37.7. The van der Waals surface area contributed by atoms with E-state index in [2.05, 4.69) is 10.6 Å². The molecule has 1 aliphatic heterocycles. The molecule has 0 bridgehead atoms. The van der Waals surface area contributed by atoms with Crippen molar-refractivity contribution in [2.75, 3.05) is 11.9 Å². The molecule has 122 valence electrons. The molecule has 1 aromatic rings. The van der Waals surface area contributed by atoms with Crippen LogP contribution in [0.1, 0.15) is 30.9 Å². The van der Waals surface area contributed by atoms with E-state index in [1.165, 1.54) is 0 Å². The fourth-order valence-electron chi connectivity index (χ4n) is 2.96. The number of carbonyl (C=O) groups excluding carboxylic acids is 3. The summed E-state index contributed by atoms with van der Waals surface area (Å²) in [5, 5.41) is 5.47. The number of benzene rings is 1. The molecule has 2 N–H and O–H groups in total. The first-order chi connectivity index (χ1) is 10.8. The predicted molar refractivity (Wildman–Crippen MR) is 85.9 cm³/mol. The van der Waals surface area contributed by atoms with Gasteiger partial charge in [0.2, 0.25) is 5.91 Å². The molecule has 2 fully saturated rings. The van der Waals surface area contributed by atoms with E-state index in [0.717, 1.165) is 28.9 Å². The van der Waals surface area contributed by atoms with Crippen LogP contribution < -0.4 is 10.6 Å². The Balaban J connectivity index is 1.66. The predicted octanol–water partition coefficient (Wildman–Crippen LogP) is 1.96. The van der Waals surface area contributed by atoms with Crippen LogP contribution in [-0.2, 0) is 9.59 Å². The number of hydrogen-bond donors (Lipinski definition) is 2. The van der Waals surface area contributed by atoms with Gasteiger partial charge in [0, 0.05) is 5.69 Å². The van der Waals surface area contributed by atoms with Gasteiger partial charge >= 0.3 is 6.03 Å². The minimum Gasteiger partial charge on any atom is -0.325 e. The van der Waals surface area contributed by atoms with Gasteiger partial charge in [0.1, 0.15) is 12.1 Å². The standard InChI is InChI=1S/C17H21N3O3/c1-10-4-7-13(8-11(10)2)18-14(21)9-20-15(22)17(3,12-5-6-12)19-16(20)23/h4,7-8,12H,5-6,9H2,1-3H3,(H,18,21)(H,19,23)/t17-/m1/s1. The highest BCUT2D eigenvalue weighted by Gasteiger charge is 2.56. The molecule has 0 aromatic heterocycles. The van der Waals surface area contributed by atoms with Gasteiger partial charge in [-0.25, -0.2) is 4.79 Å². The van der Waals surface area contributed by atoms with E-state index in [9.17, 15) is 14.4 Å². The lowest BCUT2D eigenvalue weighted by molar-refractivity contribution is -0.134. The molecule has 6 nitrogen and oxygen atoms in total. The number of hydrogen-bond acceptors (Lipinski definition) is 3. The van der Waals surface area contributed by atoms with Crippen molar-refractivity contribution in [1.82, 2.24) is 10.2 Å². The van der Waals surface area contributed by atoms with Gasteiger partial charge in [-0.15, -0.1) is 0 Å². The Bertz CT molecular complexity index is 696. The quantitative estimate of drug-likeness (QED) is 0.834. The Hall–Kier alpha value is -2.37. The molecule has 1 atom stereocenters. The van der Waals surface area contributed by atoms with E-state index in [4.69, 9.17) is 0 Å². The first kappa shape index (κ1) is 15.5. The molecule has 4 amide bonds. The van der Waals surface area contributed by atoms with Crippen molar-refractivity contribution in [3.8, 4) is 0 Å². The molecule has 0 spiro atoms. The zero-order chi connectivity index (χ0) is 16.8. The van der Waals surface area contributed by atoms with Gasteiger partial charge in [-0.05, 0) is 62.8 Å². The van der Waals surface area contributed by atoms with E-state index in [0.29, 0.717) is 5.69 Å². The van der Waals surface area contributed by atoms with E-state index in [-0.39, 0.29) is 24.3 Å². The second-order valence-corrected chi connectivity index (χ2v) is 6.65. The molecule has 2 aliphatic rings. The summed E-state index contributed by atoms with van der Waals surface area (Å²) in [5.41, 5.74) is 2.02. The fraction of sp³-hybridized carbons (Fsp3) is 0.471. The largest absolute Gasteiger partial charge is 0.325 e. The van der Waals surface area contributed by atoms with Crippen LogP contribution in [0.3, 0.4) is 0 Å². The average molecular weight is 315 g/mol. The number of rotatable bonds is 4. The van der Waals surface area contributed by atoms with Crippen LogP contribution in [0.4, 0.5) is 10.5 Å². The van der Waals surface area contributed by atoms with Crippen LogP contribution in [0.15, 0.2) is 18.2 Å². The van der Waals surface area contributed by atoms with E-state index >= 15 is 0 Å². The van der Waals surface area contributed by atoms with Crippen molar-refractivity contribution in [2.24, 2.45) is 5.92 Å². The van der Waals surface area contributed by atoms with Gasteiger partial charge in [0.25, 0.3) is 5.91 Å². The monoisotopic (exact) mass is 315 g/mol. The number of nitrogens with zero attached hydrogens (tertiary/aromatic N) is 1. The molecule has 6 heteroatoms. The first-order valence-corrected chi connectivity index (χ1v) is 7.82. The van der Waals surface area contributed by atoms with Crippen LogP contribution in [0.25, 0.3) is 0 Å². The van der Waals surface area contributed by atoms with Gasteiger partial charge in [0.05, 0.1) is 0 Å². The summed E-state index contributed by atoms with van der Waals surface area (Å²) in [7, 11) is 0. The van der Waals surface area contributed by atoms with Crippen molar-refractivity contribution >= 4 is 23.5 Å². The third-order valence-corrected chi connectivity index (χ3v) is 4.79. The van der Waals surface area contributed by atoms with Gasteiger partial charge in [-0.2, -0.15) is 0 Å². The second-order valence-electron chi connectivity index (χ2n) is 6.65. The lowest BCUT2D eigenvalue weighted by Gasteiger charge is -2.20. The molecule has 0 radical (unpaired) electrons. The van der Waals surface area contributed by atoms with E-state index in [1.54, 1.807) is 13.0 Å². The summed E-state index contributed by atoms with van der Waals surface area (Å²) in [6, 6.07) is 5.11. The number of aryl methyl sites for hydroxylation is 2. The average Bonchev–Trinajstić information content (AvgIpc) is 3.29. The third-order valence-electron chi connectivity index (χ3n) is 4.79. The zero-order valence-electron chi connectivity index (χ0n) is 13.6. The Labute approximate surface area is 135 Å². The summed E-state index contributed by atoms with van der Waals surface area (Å²) < 4.78 is 0. The van der Waals surface area contributed by atoms with Crippen LogP contribution >= 0.6 is 0 Å². The number of carbonyl (C=O) groups is 3.